The first-order valence-corrected chi connectivity index (χ1v) is 9.77. The number of hydrogen-bond donors (Lipinski definition) is 3. The molecule has 0 aliphatic heterocycles. The Morgan fingerprint density at radius 2 is 1.96 bits per heavy atom. The highest BCUT2D eigenvalue weighted by molar-refractivity contribution is 7.22. The van der Waals surface area contributed by atoms with Gasteiger partial charge in [0.15, 0.2) is 5.13 Å². The number of nitrogens with two attached hydrogens (primary N) is 1. The van der Waals surface area contributed by atoms with Gasteiger partial charge in [0.05, 0.1) is 17.3 Å². The second-order valence-electron chi connectivity index (χ2n) is 7.73. The summed E-state index contributed by atoms with van der Waals surface area (Å²) in [6.07, 6.45) is 0. The molecule has 6 nitrogen and oxygen atoms in total. The third kappa shape index (κ3) is 4.87. The average molecular weight is 386 g/mol. The van der Waals surface area contributed by atoms with E-state index in [0.29, 0.717) is 17.7 Å². The molecular formula is C20H27N5OS. The molecule has 3 rings (SSSR count). The summed E-state index contributed by atoms with van der Waals surface area (Å²) in [4.78, 5) is 8.99. The van der Waals surface area contributed by atoms with Crippen molar-refractivity contribution >= 4 is 38.3 Å². The fraction of sp³-hybridized carbons (Fsp3) is 0.400. The highest BCUT2D eigenvalue weighted by Crippen LogP contribution is 2.31. The van der Waals surface area contributed by atoms with E-state index in [4.69, 9.17) is 10.5 Å². The van der Waals surface area contributed by atoms with E-state index in [1.165, 1.54) is 0 Å². The van der Waals surface area contributed by atoms with Crippen molar-refractivity contribution in [2.75, 3.05) is 18.2 Å². The van der Waals surface area contributed by atoms with Crippen LogP contribution in [0.3, 0.4) is 0 Å². The van der Waals surface area contributed by atoms with Gasteiger partial charge in [-0.25, -0.2) is 9.97 Å². The quantitative estimate of drug-likeness (QED) is 0.577. The van der Waals surface area contributed by atoms with Crippen molar-refractivity contribution in [3.63, 3.8) is 0 Å². The number of nitrogens with zero attached hydrogens (tertiary/aromatic N) is 2. The number of pyridine rings is 1. The van der Waals surface area contributed by atoms with Gasteiger partial charge in [0.2, 0.25) is 0 Å². The van der Waals surface area contributed by atoms with Crippen molar-refractivity contribution in [2.24, 2.45) is 5.41 Å². The van der Waals surface area contributed by atoms with Gasteiger partial charge in [-0.15, -0.1) is 0 Å². The Morgan fingerprint density at radius 1 is 1.19 bits per heavy atom. The minimum Gasteiger partial charge on any atom is -0.497 e. The van der Waals surface area contributed by atoms with E-state index >= 15 is 0 Å². The van der Waals surface area contributed by atoms with Gasteiger partial charge < -0.3 is 21.1 Å². The third-order valence-corrected chi connectivity index (χ3v) is 5.58. The molecule has 1 aromatic carbocycles. The van der Waals surface area contributed by atoms with Gasteiger partial charge in [0.1, 0.15) is 17.4 Å². The molecule has 4 N–H and O–H groups in total. The SMILES string of the molecule is COc1ccc2nc(Nc3cc(CN[C@@H](C)C(C)(C)C)cc(N)n3)sc2c1. The molecular weight excluding hydrogens is 358 g/mol. The van der Waals surface area contributed by atoms with Crippen molar-refractivity contribution in [1.29, 1.82) is 0 Å². The number of rotatable bonds is 6. The van der Waals surface area contributed by atoms with Crippen molar-refractivity contribution in [1.82, 2.24) is 15.3 Å². The number of nitrogens with one attached hydrogen (secondary N) is 2. The molecule has 0 aliphatic rings. The first kappa shape index (κ1) is 19.4. The van der Waals surface area contributed by atoms with Crippen LogP contribution in [-0.4, -0.2) is 23.1 Å². The molecule has 2 heterocycles. The van der Waals surface area contributed by atoms with Crippen LogP contribution in [0.1, 0.15) is 33.3 Å². The van der Waals surface area contributed by atoms with Gasteiger partial charge in [-0.05, 0) is 48.2 Å². The van der Waals surface area contributed by atoms with Crippen molar-refractivity contribution < 1.29 is 4.74 Å². The lowest BCUT2D eigenvalue weighted by Crippen LogP contribution is -2.37. The van der Waals surface area contributed by atoms with Gasteiger partial charge in [0, 0.05) is 12.6 Å². The van der Waals surface area contributed by atoms with E-state index in [9.17, 15) is 0 Å². The summed E-state index contributed by atoms with van der Waals surface area (Å²) < 4.78 is 6.33. The molecule has 3 aromatic rings. The number of methoxy groups -OCH3 is 1. The van der Waals surface area contributed by atoms with Crippen molar-refractivity contribution in [3.05, 3.63) is 35.9 Å². The summed E-state index contributed by atoms with van der Waals surface area (Å²) in [6, 6.07) is 10.1. The maximum absolute atomic E-state index is 6.01. The van der Waals surface area contributed by atoms with Gasteiger partial charge >= 0.3 is 0 Å². The Balaban J connectivity index is 1.76. The van der Waals surface area contributed by atoms with Crippen molar-refractivity contribution in [3.8, 4) is 5.75 Å². The van der Waals surface area contributed by atoms with E-state index in [0.717, 1.165) is 33.2 Å². The van der Waals surface area contributed by atoms with Crippen molar-refractivity contribution in [2.45, 2.75) is 40.3 Å². The molecule has 27 heavy (non-hydrogen) atoms. The lowest BCUT2D eigenvalue weighted by Gasteiger charge is -2.28. The van der Waals surface area contributed by atoms with Crippen LogP contribution in [-0.2, 0) is 6.54 Å². The second-order valence-corrected chi connectivity index (χ2v) is 8.76. The summed E-state index contributed by atoms with van der Waals surface area (Å²) in [7, 11) is 1.66. The Labute approximate surface area is 164 Å². The normalized spacial score (nSPS) is 12.9. The van der Waals surface area contributed by atoms with Crippen LogP contribution in [0, 0.1) is 5.41 Å². The number of aromatic nitrogens is 2. The molecule has 0 saturated heterocycles. The first-order valence-electron chi connectivity index (χ1n) is 8.96. The smallest absolute Gasteiger partial charge is 0.189 e. The van der Waals surface area contributed by atoms with Crippen LogP contribution >= 0.6 is 11.3 Å². The Bertz CT molecular complexity index is 932. The molecule has 0 bridgehead atoms. The Kier molecular flexibility index (Phi) is 5.53. The maximum atomic E-state index is 6.01. The zero-order valence-corrected chi connectivity index (χ0v) is 17.3. The predicted octanol–water partition coefficient (Wildman–Crippen LogP) is 4.55. The third-order valence-electron chi connectivity index (χ3n) is 4.65. The van der Waals surface area contributed by atoms with Crippen LogP contribution in [0.15, 0.2) is 30.3 Å². The molecule has 0 radical (unpaired) electrons. The predicted molar refractivity (Wildman–Crippen MR) is 114 cm³/mol. The summed E-state index contributed by atoms with van der Waals surface area (Å²) in [5.74, 6) is 2.00. The maximum Gasteiger partial charge on any atom is 0.189 e. The number of anilines is 3. The number of benzene rings is 1. The Morgan fingerprint density at radius 3 is 2.67 bits per heavy atom. The topological polar surface area (TPSA) is 85.1 Å². The molecule has 0 fully saturated rings. The standard InChI is InChI=1S/C20H27N5OS/c1-12(20(2,3)4)22-11-13-8-17(21)24-18(9-13)25-19-23-15-7-6-14(26-5)10-16(15)27-19/h6-10,12,22H,11H2,1-5H3,(H3,21,23,24,25)/t12-/m0/s1. The van der Waals surface area contributed by atoms with Gasteiger partial charge in [-0.1, -0.05) is 32.1 Å². The molecule has 0 aliphatic carbocycles. The Hall–Kier alpha value is -2.38. The fourth-order valence-corrected chi connectivity index (χ4v) is 3.45. The summed E-state index contributed by atoms with van der Waals surface area (Å²) >= 11 is 1.56. The summed E-state index contributed by atoms with van der Waals surface area (Å²) in [6.45, 7) is 9.60. The van der Waals surface area contributed by atoms with E-state index in [1.54, 1.807) is 18.4 Å². The fourth-order valence-electron chi connectivity index (χ4n) is 2.55. The first-order chi connectivity index (χ1) is 12.7. The number of nitrogen functional groups attached to an aromatic ring is 1. The molecule has 0 spiro atoms. The highest BCUT2D eigenvalue weighted by Gasteiger charge is 2.19. The molecule has 1 atom stereocenters. The van der Waals surface area contributed by atoms with Gasteiger partial charge in [-0.3, -0.25) is 0 Å². The molecule has 0 saturated carbocycles. The average Bonchev–Trinajstić information content (AvgIpc) is 2.99. The van der Waals surface area contributed by atoms with E-state index in [-0.39, 0.29) is 5.41 Å². The van der Waals surface area contributed by atoms with E-state index < -0.39 is 0 Å². The van der Waals surface area contributed by atoms with E-state index in [2.05, 4.69) is 48.3 Å². The lowest BCUT2D eigenvalue weighted by molar-refractivity contribution is 0.285. The van der Waals surface area contributed by atoms with Gasteiger partial charge in [0.25, 0.3) is 0 Å². The van der Waals surface area contributed by atoms with Crippen LogP contribution in [0.4, 0.5) is 16.8 Å². The summed E-state index contributed by atoms with van der Waals surface area (Å²) in [5, 5.41) is 7.61. The number of hydrogen-bond acceptors (Lipinski definition) is 7. The zero-order chi connectivity index (χ0) is 19.6. The molecule has 2 aromatic heterocycles. The number of thiazole rings is 1. The molecule has 144 valence electrons. The highest BCUT2D eigenvalue weighted by atomic mass is 32.1. The number of fused-ring (bicyclic) bond motifs is 1. The van der Waals surface area contributed by atoms with Gasteiger partial charge in [-0.2, -0.15) is 0 Å². The largest absolute Gasteiger partial charge is 0.497 e. The summed E-state index contributed by atoms with van der Waals surface area (Å²) in [5.41, 5.74) is 8.21. The molecule has 0 amide bonds. The minimum atomic E-state index is 0.196. The number of ether oxygens (including phenoxy) is 1. The lowest BCUT2D eigenvalue weighted by atomic mass is 9.88. The zero-order valence-electron chi connectivity index (χ0n) is 16.5. The second kappa shape index (κ2) is 7.70. The van der Waals surface area contributed by atoms with Crippen LogP contribution in [0.25, 0.3) is 10.2 Å². The van der Waals surface area contributed by atoms with Crippen LogP contribution in [0.5, 0.6) is 5.75 Å². The molecule has 0 unspecified atom stereocenters. The van der Waals surface area contributed by atoms with E-state index in [1.807, 2.05) is 30.3 Å². The minimum absolute atomic E-state index is 0.196. The monoisotopic (exact) mass is 385 g/mol. The van der Waals surface area contributed by atoms with Crippen LogP contribution < -0.4 is 21.1 Å². The molecule has 7 heteroatoms. The van der Waals surface area contributed by atoms with Crippen LogP contribution in [0.2, 0.25) is 0 Å².